The first kappa shape index (κ1) is 5.83. The molecule has 0 spiro atoms. The largest absolute Gasteiger partial charge is 0.374 e. The Morgan fingerprint density at radius 3 is 2.75 bits per heavy atom. The van der Waals surface area contributed by atoms with Crippen molar-refractivity contribution < 1.29 is 4.74 Å². The van der Waals surface area contributed by atoms with Gasteiger partial charge in [-0.05, 0) is 19.3 Å². The molecule has 0 N–H and O–H groups in total. The summed E-state index contributed by atoms with van der Waals surface area (Å²) < 4.78 is 5.31. The van der Waals surface area contributed by atoms with Gasteiger partial charge in [0.2, 0.25) is 0 Å². The highest BCUT2D eigenvalue weighted by Gasteiger charge is 2.07. The summed E-state index contributed by atoms with van der Waals surface area (Å²) in [4.78, 5) is 0. The van der Waals surface area contributed by atoms with Crippen molar-refractivity contribution in [2.45, 2.75) is 25.4 Å². The van der Waals surface area contributed by atoms with Gasteiger partial charge >= 0.3 is 0 Å². The Balaban J connectivity index is 2.22. The molecule has 8 heavy (non-hydrogen) atoms. The number of hydrogen-bond donors (Lipinski definition) is 0. The highest BCUT2D eigenvalue weighted by molar-refractivity contribution is 4.81. The summed E-state index contributed by atoms with van der Waals surface area (Å²) in [5.74, 6) is 0. The lowest BCUT2D eigenvalue weighted by molar-refractivity contribution is 0.0468. The van der Waals surface area contributed by atoms with Crippen LogP contribution in [0.25, 0.3) is 0 Å². The highest BCUT2D eigenvalue weighted by Crippen LogP contribution is 2.12. The summed E-state index contributed by atoms with van der Waals surface area (Å²) in [6.07, 6.45) is 5.94. The summed E-state index contributed by atoms with van der Waals surface area (Å²) in [6.45, 7) is 4.59. The summed E-state index contributed by atoms with van der Waals surface area (Å²) >= 11 is 0. The summed E-state index contributed by atoms with van der Waals surface area (Å²) in [5, 5.41) is 0. The maximum absolute atomic E-state index is 5.31. The van der Waals surface area contributed by atoms with Crippen LogP contribution in [0.15, 0.2) is 12.7 Å². The molecule has 1 heterocycles. The predicted molar refractivity (Wildman–Crippen MR) is 33.8 cm³/mol. The molecule has 1 fully saturated rings. The van der Waals surface area contributed by atoms with E-state index in [1.165, 1.54) is 19.3 Å². The van der Waals surface area contributed by atoms with Crippen molar-refractivity contribution in [2.75, 3.05) is 6.61 Å². The van der Waals surface area contributed by atoms with E-state index in [1.807, 2.05) is 6.08 Å². The zero-order valence-electron chi connectivity index (χ0n) is 5.10. The van der Waals surface area contributed by atoms with Crippen LogP contribution in [-0.2, 0) is 4.74 Å². The average molecular weight is 112 g/mol. The van der Waals surface area contributed by atoms with Crippen LogP contribution >= 0.6 is 0 Å². The molecule has 1 rings (SSSR count). The molecule has 0 bridgehead atoms. The van der Waals surface area contributed by atoms with Gasteiger partial charge in [-0.1, -0.05) is 6.08 Å². The molecule has 1 heteroatoms. The van der Waals surface area contributed by atoms with Crippen molar-refractivity contribution in [3.8, 4) is 0 Å². The summed E-state index contributed by atoms with van der Waals surface area (Å²) in [6, 6.07) is 0. The molecule has 1 nitrogen and oxygen atoms in total. The van der Waals surface area contributed by atoms with Crippen LogP contribution < -0.4 is 0 Å². The second-order valence-electron chi connectivity index (χ2n) is 2.14. The number of hydrogen-bond acceptors (Lipinski definition) is 1. The smallest absolute Gasteiger partial charge is 0.0753 e. The monoisotopic (exact) mass is 112 g/mol. The van der Waals surface area contributed by atoms with E-state index in [4.69, 9.17) is 4.74 Å². The van der Waals surface area contributed by atoms with Crippen molar-refractivity contribution >= 4 is 0 Å². The van der Waals surface area contributed by atoms with Crippen molar-refractivity contribution in [3.05, 3.63) is 12.7 Å². The third-order valence-electron chi connectivity index (χ3n) is 1.48. The molecule has 0 radical (unpaired) electrons. The molecular formula is C7H12O. The topological polar surface area (TPSA) is 9.23 Å². The Kier molecular flexibility index (Phi) is 2.10. The molecule has 0 aromatic rings. The normalized spacial score (nSPS) is 29.8. The SMILES string of the molecule is C=C[C@@H]1CCCCO1. The highest BCUT2D eigenvalue weighted by atomic mass is 16.5. The van der Waals surface area contributed by atoms with Crippen LogP contribution in [0.4, 0.5) is 0 Å². The third-order valence-corrected chi connectivity index (χ3v) is 1.48. The van der Waals surface area contributed by atoms with Gasteiger partial charge < -0.3 is 4.74 Å². The van der Waals surface area contributed by atoms with Gasteiger partial charge in [-0.25, -0.2) is 0 Å². The van der Waals surface area contributed by atoms with Crippen LogP contribution in [0.5, 0.6) is 0 Å². The zero-order valence-corrected chi connectivity index (χ0v) is 5.10. The Bertz CT molecular complexity index is 72.5. The van der Waals surface area contributed by atoms with Crippen molar-refractivity contribution in [3.63, 3.8) is 0 Å². The quantitative estimate of drug-likeness (QED) is 0.469. The molecular weight excluding hydrogens is 100 g/mol. The van der Waals surface area contributed by atoms with Crippen LogP contribution in [0.1, 0.15) is 19.3 Å². The Labute approximate surface area is 50.3 Å². The lowest BCUT2D eigenvalue weighted by atomic mass is 10.1. The van der Waals surface area contributed by atoms with Crippen LogP contribution in [-0.4, -0.2) is 12.7 Å². The minimum atomic E-state index is 0.351. The molecule has 0 aliphatic carbocycles. The van der Waals surface area contributed by atoms with Gasteiger partial charge in [0.25, 0.3) is 0 Å². The van der Waals surface area contributed by atoms with E-state index >= 15 is 0 Å². The lowest BCUT2D eigenvalue weighted by Gasteiger charge is -2.18. The first-order valence-corrected chi connectivity index (χ1v) is 3.17. The van der Waals surface area contributed by atoms with Crippen molar-refractivity contribution in [2.24, 2.45) is 0 Å². The van der Waals surface area contributed by atoms with Gasteiger partial charge in [0, 0.05) is 6.61 Å². The minimum Gasteiger partial charge on any atom is -0.374 e. The molecule has 0 aromatic carbocycles. The van der Waals surface area contributed by atoms with Crippen LogP contribution in [0, 0.1) is 0 Å². The molecule has 0 aromatic heterocycles. The molecule has 1 atom stereocenters. The van der Waals surface area contributed by atoms with Crippen LogP contribution in [0.3, 0.4) is 0 Å². The maximum Gasteiger partial charge on any atom is 0.0753 e. The maximum atomic E-state index is 5.31. The number of ether oxygens (including phenoxy) is 1. The van der Waals surface area contributed by atoms with Gasteiger partial charge in [0.1, 0.15) is 0 Å². The minimum absolute atomic E-state index is 0.351. The van der Waals surface area contributed by atoms with Crippen LogP contribution in [0.2, 0.25) is 0 Å². The molecule has 46 valence electrons. The fourth-order valence-corrected chi connectivity index (χ4v) is 0.952. The van der Waals surface area contributed by atoms with Crippen molar-refractivity contribution in [1.29, 1.82) is 0 Å². The standard InChI is InChI=1S/C7H12O/c1-2-7-5-3-4-6-8-7/h2,7H,1,3-6H2/t7-/m1/s1. The van der Waals surface area contributed by atoms with E-state index in [2.05, 4.69) is 6.58 Å². The average Bonchev–Trinajstić information content (AvgIpc) is 1.90. The Hall–Kier alpha value is -0.300. The van der Waals surface area contributed by atoms with Crippen molar-refractivity contribution in [1.82, 2.24) is 0 Å². The third kappa shape index (κ3) is 1.34. The molecule has 0 amide bonds. The Morgan fingerprint density at radius 2 is 2.38 bits per heavy atom. The van der Waals surface area contributed by atoms with Gasteiger partial charge in [0.05, 0.1) is 6.10 Å². The molecule has 1 aliphatic rings. The van der Waals surface area contributed by atoms with Gasteiger partial charge in [0.15, 0.2) is 0 Å². The summed E-state index contributed by atoms with van der Waals surface area (Å²) in [5.41, 5.74) is 0. The second-order valence-corrected chi connectivity index (χ2v) is 2.14. The van der Waals surface area contributed by atoms with Gasteiger partial charge in [-0.3, -0.25) is 0 Å². The zero-order chi connectivity index (χ0) is 5.82. The number of rotatable bonds is 1. The molecule has 0 unspecified atom stereocenters. The van der Waals surface area contributed by atoms with E-state index in [1.54, 1.807) is 0 Å². The summed E-state index contributed by atoms with van der Waals surface area (Å²) in [7, 11) is 0. The lowest BCUT2D eigenvalue weighted by Crippen LogP contribution is -2.15. The van der Waals surface area contributed by atoms with E-state index in [-0.39, 0.29) is 0 Å². The fourth-order valence-electron chi connectivity index (χ4n) is 0.952. The molecule has 0 saturated carbocycles. The second kappa shape index (κ2) is 2.88. The van der Waals surface area contributed by atoms with E-state index < -0.39 is 0 Å². The molecule has 1 aliphatic heterocycles. The first-order valence-electron chi connectivity index (χ1n) is 3.17. The first-order chi connectivity index (χ1) is 3.93. The van der Waals surface area contributed by atoms with E-state index in [9.17, 15) is 0 Å². The van der Waals surface area contributed by atoms with Gasteiger partial charge in [-0.15, -0.1) is 6.58 Å². The fraction of sp³-hybridized carbons (Fsp3) is 0.714. The van der Waals surface area contributed by atoms with E-state index in [0.717, 1.165) is 6.61 Å². The predicted octanol–water partition coefficient (Wildman–Crippen LogP) is 1.74. The molecule has 1 saturated heterocycles. The Morgan fingerprint density at radius 1 is 1.50 bits per heavy atom. The van der Waals surface area contributed by atoms with Gasteiger partial charge in [-0.2, -0.15) is 0 Å². The van der Waals surface area contributed by atoms with E-state index in [0.29, 0.717) is 6.10 Å².